The molecule has 0 amide bonds. The molecule has 0 aromatic rings. The van der Waals surface area contributed by atoms with Crippen molar-refractivity contribution in [2.45, 2.75) is 20.8 Å². The lowest BCUT2D eigenvalue weighted by molar-refractivity contribution is -0.141. The summed E-state index contributed by atoms with van der Waals surface area (Å²) in [6.45, 7) is 9.73. The fraction of sp³-hybridized carbons (Fsp3) is 0.900. The third kappa shape index (κ3) is 3.35. The zero-order valence-electron chi connectivity index (χ0n) is 8.75. The smallest absolute Gasteiger partial charge is 0.302 e. The topological polar surface area (TPSA) is 29.5 Å². The SMILES string of the molecule is CC(=O)OCCN1CC(C(C)C)C1. The molecule has 3 heteroatoms. The second-order valence-corrected chi connectivity index (χ2v) is 4.10. The number of likely N-dealkylation sites (tertiary alicyclic amines) is 1. The van der Waals surface area contributed by atoms with Crippen LogP contribution in [0.3, 0.4) is 0 Å². The summed E-state index contributed by atoms with van der Waals surface area (Å²) in [7, 11) is 0. The van der Waals surface area contributed by atoms with Gasteiger partial charge < -0.3 is 4.74 Å². The summed E-state index contributed by atoms with van der Waals surface area (Å²) in [5.41, 5.74) is 0. The van der Waals surface area contributed by atoms with E-state index in [1.54, 1.807) is 0 Å². The van der Waals surface area contributed by atoms with Gasteiger partial charge in [-0.1, -0.05) is 13.8 Å². The highest BCUT2D eigenvalue weighted by molar-refractivity contribution is 5.65. The Labute approximate surface area is 80.1 Å². The van der Waals surface area contributed by atoms with Gasteiger partial charge in [0.25, 0.3) is 0 Å². The summed E-state index contributed by atoms with van der Waals surface area (Å²) in [6, 6.07) is 0. The van der Waals surface area contributed by atoms with E-state index in [1.165, 1.54) is 20.0 Å². The largest absolute Gasteiger partial charge is 0.465 e. The Morgan fingerprint density at radius 2 is 2.15 bits per heavy atom. The van der Waals surface area contributed by atoms with Crippen LogP contribution in [0, 0.1) is 11.8 Å². The van der Waals surface area contributed by atoms with Crippen LogP contribution < -0.4 is 0 Å². The first kappa shape index (κ1) is 10.5. The second-order valence-electron chi connectivity index (χ2n) is 4.10. The minimum Gasteiger partial charge on any atom is -0.465 e. The third-order valence-corrected chi connectivity index (χ3v) is 2.64. The molecule has 1 aliphatic rings. The van der Waals surface area contributed by atoms with Gasteiger partial charge in [0.2, 0.25) is 0 Å². The first-order valence-corrected chi connectivity index (χ1v) is 4.95. The standard InChI is InChI=1S/C10H19NO2/c1-8(2)10-6-11(7-10)4-5-13-9(3)12/h8,10H,4-7H2,1-3H3. The predicted molar refractivity (Wildman–Crippen MR) is 51.4 cm³/mol. The van der Waals surface area contributed by atoms with Gasteiger partial charge >= 0.3 is 5.97 Å². The molecule has 0 atom stereocenters. The Kier molecular flexibility index (Phi) is 3.72. The Morgan fingerprint density at radius 3 is 2.62 bits per heavy atom. The molecule has 76 valence electrons. The predicted octanol–water partition coefficient (Wildman–Crippen LogP) is 1.14. The van der Waals surface area contributed by atoms with E-state index in [2.05, 4.69) is 18.7 Å². The number of ether oxygens (including phenoxy) is 1. The van der Waals surface area contributed by atoms with Crippen molar-refractivity contribution >= 4 is 5.97 Å². The van der Waals surface area contributed by atoms with Crippen LogP contribution in [0.1, 0.15) is 20.8 Å². The molecule has 0 spiro atoms. The van der Waals surface area contributed by atoms with Gasteiger partial charge in [-0.05, 0) is 11.8 Å². The van der Waals surface area contributed by atoms with Gasteiger partial charge in [-0.15, -0.1) is 0 Å². The molecule has 0 aromatic carbocycles. The molecule has 13 heavy (non-hydrogen) atoms. The molecular weight excluding hydrogens is 166 g/mol. The number of rotatable bonds is 4. The van der Waals surface area contributed by atoms with Crippen molar-refractivity contribution in [3.8, 4) is 0 Å². The van der Waals surface area contributed by atoms with Crippen LogP contribution in [-0.4, -0.2) is 37.1 Å². The Bertz CT molecular complexity index is 174. The number of carbonyl (C=O) groups is 1. The highest BCUT2D eigenvalue weighted by Crippen LogP contribution is 2.22. The van der Waals surface area contributed by atoms with E-state index < -0.39 is 0 Å². The molecule has 0 aliphatic carbocycles. The molecule has 1 fully saturated rings. The summed E-state index contributed by atoms with van der Waals surface area (Å²) in [5.74, 6) is 1.45. The van der Waals surface area contributed by atoms with E-state index in [9.17, 15) is 4.79 Å². The number of carbonyl (C=O) groups excluding carboxylic acids is 1. The van der Waals surface area contributed by atoms with E-state index in [-0.39, 0.29) is 5.97 Å². The maximum Gasteiger partial charge on any atom is 0.302 e. The van der Waals surface area contributed by atoms with Crippen LogP contribution in [0.5, 0.6) is 0 Å². The summed E-state index contributed by atoms with van der Waals surface area (Å²) in [4.78, 5) is 12.8. The van der Waals surface area contributed by atoms with Gasteiger partial charge in [-0.2, -0.15) is 0 Å². The van der Waals surface area contributed by atoms with Crippen molar-refractivity contribution in [2.24, 2.45) is 11.8 Å². The number of nitrogens with zero attached hydrogens (tertiary/aromatic N) is 1. The first-order valence-electron chi connectivity index (χ1n) is 4.95. The molecule has 0 unspecified atom stereocenters. The van der Waals surface area contributed by atoms with Crippen molar-refractivity contribution < 1.29 is 9.53 Å². The molecule has 0 saturated carbocycles. The van der Waals surface area contributed by atoms with E-state index in [4.69, 9.17) is 4.74 Å². The third-order valence-electron chi connectivity index (χ3n) is 2.64. The van der Waals surface area contributed by atoms with Crippen molar-refractivity contribution in [3.05, 3.63) is 0 Å². The number of esters is 1. The van der Waals surface area contributed by atoms with Crippen LogP contribution in [0.15, 0.2) is 0 Å². The first-order chi connectivity index (χ1) is 6.09. The number of hydrogen-bond acceptors (Lipinski definition) is 3. The molecule has 1 saturated heterocycles. The zero-order chi connectivity index (χ0) is 9.84. The Hall–Kier alpha value is -0.570. The summed E-state index contributed by atoms with van der Waals surface area (Å²) in [6.07, 6.45) is 0. The highest BCUT2D eigenvalue weighted by Gasteiger charge is 2.28. The lowest BCUT2D eigenvalue weighted by Crippen LogP contribution is -2.50. The number of hydrogen-bond donors (Lipinski definition) is 0. The molecule has 0 radical (unpaired) electrons. The fourth-order valence-electron chi connectivity index (χ4n) is 1.53. The molecule has 1 rings (SSSR count). The minimum atomic E-state index is -0.180. The van der Waals surface area contributed by atoms with Gasteiger partial charge in [-0.3, -0.25) is 9.69 Å². The normalized spacial score (nSPS) is 18.8. The van der Waals surface area contributed by atoms with E-state index >= 15 is 0 Å². The molecular formula is C10H19NO2. The molecule has 1 heterocycles. The lowest BCUT2D eigenvalue weighted by atomic mass is 9.88. The van der Waals surface area contributed by atoms with Crippen LogP contribution in [0.2, 0.25) is 0 Å². The lowest BCUT2D eigenvalue weighted by Gasteiger charge is -2.41. The summed E-state index contributed by atoms with van der Waals surface area (Å²) in [5, 5.41) is 0. The summed E-state index contributed by atoms with van der Waals surface area (Å²) >= 11 is 0. The molecule has 1 aliphatic heterocycles. The van der Waals surface area contributed by atoms with E-state index in [0.29, 0.717) is 6.61 Å². The Balaban J connectivity index is 1.99. The van der Waals surface area contributed by atoms with E-state index in [1.807, 2.05) is 0 Å². The van der Waals surface area contributed by atoms with Crippen molar-refractivity contribution in [1.82, 2.24) is 4.90 Å². The van der Waals surface area contributed by atoms with Crippen LogP contribution in [-0.2, 0) is 9.53 Å². The zero-order valence-corrected chi connectivity index (χ0v) is 8.75. The monoisotopic (exact) mass is 185 g/mol. The van der Waals surface area contributed by atoms with Gasteiger partial charge in [0.05, 0.1) is 0 Å². The molecule has 0 aromatic heterocycles. The average Bonchev–Trinajstić information content (AvgIpc) is 1.92. The highest BCUT2D eigenvalue weighted by atomic mass is 16.5. The molecule has 3 nitrogen and oxygen atoms in total. The fourth-order valence-corrected chi connectivity index (χ4v) is 1.53. The summed E-state index contributed by atoms with van der Waals surface area (Å²) < 4.78 is 4.86. The van der Waals surface area contributed by atoms with E-state index in [0.717, 1.165) is 18.4 Å². The van der Waals surface area contributed by atoms with Crippen molar-refractivity contribution in [1.29, 1.82) is 0 Å². The van der Waals surface area contributed by atoms with Crippen LogP contribution >= 0.6 is 0 Å². The average molecular weight is 185 g/mol. The van der Waals surface area contributed by atoms with Crippen LogP contribution in [0.4, 0.5) is 0 Å². The quantitative estimate of drug-likeness (QED) is 0.615. The van der Waals surface area contributed by atoms with Gasteiger partial charge in [-0.25, -0.2) is 0 Å². The Morgan fingerprint density at radius 1 is 1.54 bits per heavy atom. The maximum absolute atomic E-state index is 10.5. The second kappa shape index (κ2) is 4.61. The van der Waals surface area contributed by atoms with Gasteiger partial charge in [0.1, 0.15) is 6.61 Å². The molecule has 0 bridgehead atoms. The van der Waals surface area contributed by atoms with Gasteiger partial charge in [0.15, 0.2) is 0 Å². The van der Waals surface area contributed by atoms with Crippen molar-refractivity contribution in [2.75, 3.05) is 26.2 Å². The minimum absolute atomic E-state index is 0.180. The molecule has 0 N–H and O–H groups in total. The van der Waals surface area contributed by atoms with Crippen molar-refractivity contribution in [3.63, 3.8) is 0 Å². The maximum atomic E-state index is 10.5. The van der Waals surface area contributed by atoms with Gasteiger partial charge in [0, 0.05) is 26.6 Å². The van der Waals surface area contributed by atoms with Crippen LogP contribution in [0.25, 0.3) is 0 Å².